The van der Waals surface area contributed by atoms with E-state index in [2.05, 4.69) is 15.3 Å². The van der Waals surface area contributed by atoms with Crippen LogP contribution in [0.15, 0.2) is 41.9 Å². The molecule has 0 saturated heterocycles. The van der Waals surface area contributed by atoms with Crippen LogP contribution in [0.25, 0.3) is 21.1 Å². The van der Waals surface area contributed by atoms with Gasteiger partial charge in [-0.25, -0.2) is 9.37 Å². The van der Waals surface area contributed by atoms with Crippen LogP contribution in [0.3, 0.4) is 0 Å². The first-order chi connectivity index (χ1) is 16.4. The molecule has 1 aliphatic rings. The lowest BCUT2D eigenvalue weighted by atomic mass is 9.92. The van der Waals surface area contributed by atoms with E-state index >= 15 is 0 Å². The Hall–Kier alpha value is -3.59. The van der Waals surface area contributed by atoms with Crippen molar-refractivity contribution in [1.29, 1.82) is 0 Å². The minimum absolute atomic E-state index is 0.0132. The fourth-order valence-corrected chi connectivity index (χ4v) is 5.22. The van der Waals surface area contributed by atoms with Crippen LogP contribution < -0.4 is 15.8 Å². The fraction of sp³-hybridized carbons (Fsp3) is 0.280. The number of nitrogens with one attached hydrogen (secondary N) is 1. The summed E-state index contributed by atoms with van der Waals surface area (Å²) in [6, 6.07) is 7.67. The van der Waals surface area contributed by atoms with Crippen LogP contribution in [-0.4, -0.2) is 33.9 Å². The highest BCUT2D eigenvalue weighted by molar-refractivity contribution is 7.17. The lowest BCUT2D eigenvalue weighted by Gasteiger charge is -2.29. The van der Waals surface area contributed by atoms with E-state index in [4.69, 9.17) is 10.5 Å². The molecule has 3 heterocycles. The minimum atomic E-state index is -0.569. The number of hydrogen-bond donors (Lipinski definition) is 2. The maximum absolute atomic E-state index is 13.5. The third kappa shape index (κ3) is 4.43. The molecular weight excluding hydrogens is 455 g/mol. The van der Waals surface area contributed by atoms with E-state index in [-0.39, 0.29) is 35.3 Å². The number of rotatable bonds is 5. The molecule has 0 radical (unpaired) electrons. The van der Waals surface area contributed by atoms with Gasteiger partial charge in [0.1, 0.15) is 17.5 Å². The van der Waals surface area contributed by atoms with Gasteiger partial charge in [-0.2, -0.15) is 0 Å². The first kappa shape index (κ1) is 22.2. The van der Waals surface area contributed by atoms with Crippen molar-refractivity contribution >= 4 is 44.3 Å². The number of halogens is 1. The molecule has 2 amide bonds. The molecule has 34 heavy (non-hydrogen) atoms. The Kier molecular flexibility index (Phi) is 5.87. The van der Waals surface area contributed by atoms with Gasteiger partial charge in [0.2, 0.25) is 5.88 Å². The maximum Gasteiger partial charge on any atom is 0.254 e. The van der Waals surface area contributed by atoms with Crippen LogP contribution in [0.1, 0.15) is 52.0 Å². The van der Waals surface area contributed by atoms with Crippen molar-refractivity contribution in [2.45, 2.75) is 44.8 Å². The molecular formula is C25H23FN4O3S. The number of carbonyl (C=O) groups is 2. The summed E-state index contributed by atoms with van der Waals surface area (Å²) in [5.41, 5.74) is 8.72. The standard InChI is InChI=1S/C25H23FN4O3S/c1-13-12-34-21-10-19(23(27)31)25(30-22(13)21)33-18-5-3-17(4-6-18)29-24(32)15-8-14-9-16(26)2-7-20(14)28-11-15/h2,7-12,17-18H,3-6H2,1H3,(H2,27,31)(H,29,32). The Morgan fingerprint density at radius 1 is 1.18 bits per heavy atom. The summed E-state index contributed by atoms with van der Waals surface area (Å²) >= 11 is 1.52. The average molecular weight is 479 g/mol. The van der Waals surface area contributed by atoms with E-state index in [1.54, 1.807) is 18.2 Å². The Morgan fingerprint density at radius 3 is 2.74 bits per heavy atom. The molecule has 4 aromatic rings. The number of nitrogens with two attached hydrogens (primary N) is 1. The van der Waals surface area contributed by atoms with Gasteiger partial charge in [0.15, 0.2) is 0 Å². The second kappa shape index (κ2) is 8.98. The summed E-state index contributed by atoms with van der Waals surface area (Å²) in [6.45, 7) is 1.97. The number of hydrogen-bond acceptors (Lipinski definition) is 6. The van der Waals surface area contributed by atoms with E-state index in [9.17, 15) is 14.0 Å². The molecule has 0 atom stereocenters. The molecule has 174 valence electrons. The van der Waals surface area contributed by atoms with Gasteiger partial charge in [0.25, 0.3) is 11.8 Å². The lowest BCUT2D eigenvalue weighted by Crippen LogP contribution is -2.39. The number of carbonyl (C=O) groups excluding carboxylic acids is 2. The Morgan fingerprint density at radius 2 is 1.97 bits per heavy atom. The monoisotopic (exact) mass is 478 g/mol. The number of thiophene rings is 1. The summed E-state index contributed by atoms with van der Waals surface area (Å²) in [5.74, 6) is -0.907. The molecule has 3 N–H and O–H groups in total. The molecule has 1 saturated carbocycles. The van der Waals surface area contributed by atoms with Gasteiger partial charge >= 0.3 is 0 Å². The summed E-state index contributed by atoms with van der Waals surface area (Å²) in [6.07, 6.45) is 4.22. The molecule has 9 heteroatoms. The van der Waals surface area contributed by atoms with Crippen molar-refractivity contribution in [3.8, 4) is 5.88 Å². The van der Waals surface area contributed by atoms with Gasteiger partial charge in [-0.05, 0) is 73.9 Å². The predicted molar refractivity (Wildman–Crippen MR) is 129 cm³/mol. The van der Waals surface area contributed by atoms with Crippen LogP contribution in [0, 0.1) is 12.7 Å². The van der Waals surface area contributed by atoms with Crippen molar-refractivity contribution in [2.75, 3.05) is 0 Å². The van der Waals surface area contributed by atoms with Crippen LogP contribution in [0.5, 0.6) is 5.88 Å². The van der Waals surface area contributed by atoms with Gasteiger partial charge in [-0.15, -0.1) is 11.3 Å². The topological polar surface area (TPSA) is 107 Å². The number of pyridine rings is 2. The smallest absolute Gasteiger partial charge is 0.254 e. The van der Waals surface area contributed by atoms with E-state index in [1.165, 1.54) is 29.7 Å². The molecule has 7 nitrogen and oxygen atoms in total. The zero-order valence-corrected chi connectivity index (χ0v) is 19.3. The van der Waals surface area contributed by atoms with E-state index in [1.807, 2.05) is 12.3 Å². The predicted octanol–water partition coefficient (Wildman–Crippen LogP) is 4.51. The highest BCUT2D eigenvalue weighted by Gasteiger charge is 2.26. The first-order valence-electron chi connectivity index (χ1n) is 11.1. The summed E-state index contributed by atoms with van der Waals surface area (Å²) in [7, 11) is 0. The summed E-state index contributed by atoms with van der Waals surface area (Å²) < 4.78 is 20.5. The van der Waals surface area contributed by atoms with Gasteiger partial charge in [-0.1, -0.05) is 0 Å². The van der Waals surface area contributed by atoms with Gasteiger partial charge in [0.05, 0.1) is 21.3 Å². The molecule has 1 aromatic carbocycles. The Bertz CT molecular complexity index is 1410. The van der Waals surface area contributed by atoms with E-state index in [0.717, 1.165) is 28.6 Å². The molecule has 1 aliphatic carbocycles. The second-order valence-electron chi connectivity index (χ2n) is 8.60. The van der Waals surface area contributed by atoms with Crippen molar-refractivity contribution in [1.82, 2.24) is 15.3 Å². The number of nitrogens with zero attached hydrogens (tertiary/aromatic N) is 2. The van der Waals surface area contributed by atoms with E-state index in [0.29, 0.717) is 29.3 Å². The lowest BCUT2D eigenvalue weighted by molar-refractivity contribution is 0.0881. The molecule has 0 spiro atoms. The van der Waals surface area contributed by atoms with Crippen LogP contribution in [0.2, 0.25) is 0 Å². The van der Waals surface area contributed by atoms with Crippen molar-refractivity contribution < 1.29 is 18.7 Å². The van der Waals surface area contributed by atoms with Crippen LogP contribution >= 0.6 is 11.3 Å². The number of fused-ring (bicyclic) bond motifs is 2. The van der Waals surface area contributed by atoms with Crippen molar-refractivity contribution in [3.05, 3.63) is 64.4 Å². The van der Waals surface area contributed by atoms with Crippen LogP contribution in [0.4, 0.5) is 4.39 Å². The van der Waals surface area contributed by atoms with Gasteiger partial charge in [-0.3, -0.25) is 14.6 Å². The van der Waals surface area contributed by atoms with Crippen molar-refractivity contribution in [3.63, 3.8) is 0 Å². The Labute approximate surface area is 199 Å². The first-order valence-corrected chi connectivity index (χ1v) is 12.0. The molecule has 0 aliphatic heterocycles. The third-order valence-corrected chi connectivity index (χ3v) is 7.18. The Balaban J connectivity index is 1.23. The fourth-order valence-electron chi connectivity index (χ4n) is 4.30. The number of aryl methyl sites for hydroxylation is 1. The van der Waals surface area contributed by atoms with Crippen LogP contribution in [-0.2, 0) is 0 Å². The second-order valence-corrected chi connectivity index (χ2v) is 9.51. The van der Waals surface area contributed by atoms with E-state index < -0.39 is 5.91 Å². The molecule has 1 fully saturated rings. The molecule has 0 unspecified atom stereocenters. The average Bonchev–Trinajstić information content (AvgIpc) is 3.19. The quantitative estimate of drug-likeness (QED) is 0.439. The highest BCUT2D eigenvalue weighted by atomic mass is 32.1. The SMILES string of the molecule is Cc1csc2cc(C(N)=O)c(OC3CCC(NC(=O)c4cnc5ccc(F)cc5c4)CC3)nc12. The van der Waals surface area contributed by atoms with Gasteiger partial charge < -0.3 is 15.8 Å². The zero-order valence-electron chi connectivity index (χ0n) is 18.5. The third-order valence-electron chi connectivity index (χ3n) is 6.15. The largest absolute Gasteiger partial charge is 0.474 e. The zero-order chi connectivity index (χ0) is 23.8. The molecule has 5 rings (SSSR count). The number of ether oxygens (including phenoxy) is 1. The normalized spacial score (nSPS) is 18.2. The summed E-state index contributed by atoms with van der Waals surface area (Å²) in [5, 5.41) is 5.61. The number of aromatic nitrogens is 2. The molecule has 3 aromatic heterocycles. The molecule has 0 bridgehead atoms. The minimum Gasteiger partial charge on any atom is -0.474 e. The highest BCUT2D eigenvalue weighted by Crippen LogP contribution is 2.31. The summed E-state index contributed by atoms with van der Waals surface area (Å²) in [4.78, 5) is 33.5. The number of primary amides is 1. The number of benzene rings is 1. The van der Waals surface area contributed by atoms with Crippen molar-refractivity contribution in [2.24, 2.45) is 5.73 Å². The number of amides is 2. The van der Waals surface area contributed by atoms with Gasteiger partial charge in [0, 0.05) is 17.6 Å². The maximum atomic E-state index is 13.5.